The van der Waals surface area contributed by atoms with Gasteiger partial charge in [-0.2, -0.15) is 0 Å². The van der Waals surface area contributed by atoms with Crippen molar-refractivity contribution in [2.24, 2.45) is 0 Å². The average molecular weight is 392 g/mol. The lowest BCUT2D eigenvalue weighted by Crippen LogP contribution is -2.46. The van der Waals surface area contributed by atoms with Gasteiger partial charge < -0.3 is 15.0 Å². The highest BCUT2D eigenvalue weighted by atomic mass is 16.4. The first-order chi connectivity index (χ1) is 14.0. The van der Waals surface area contributed by atoms with E-state index in [4.69, 9.17) is 5.11 Å². The number of H-pyrrole nitrogens is 1. The highest BCUT2D eigenvalue weighted by molar-refractivity contribution is 5.85. The molecule has 7 heteroatoms. The lowest BCUT2D eigenvalue weighted by Gasteiger charge is -2.36. The number of anilines is 1. The standard InChI is InChI=1S/C22H24N4O3/c1-2-16-12-17-4-3-15(11-20(17)24-21(16)27)14-25-7-9-26(10-8-25)18-5-6-19(22(28)29)23-13-18/h3-6,11-13H,2,7-10,14H2,1H3,(H,24,27)(H,28,29). The highest BCUT2D eigenvalue weighted by Gasteiger charge is 2.18. The van der Waals surface area contributed by atoms with Crippen molar-refractivity contribution in [1.29, 1.82) is 0 Å². The quantitative estimate of drug-likeness (QED) is 0.694. The molecule has 0 amide bonds. The van der Waals surface area contributed by atoms with Gasteiger partial charge >= 0.3 is 5.97 Å². The molecule has 3 aromatic rings. The van der Waals surface area contributed by atoms with E-state index in [2.05, 4.69) is 38.0 Å². The molecule has 1 fully saturated rings. The SMILES string of the molecule is CCc1cc2ccc(CN3CCN(c4ccc(C(=O)O)nc4)CC3)cc2[nH]c1=O. The molecule has 29 heavy (non-hydrogen) atoms. The van der Waals surface area contributed by atoms with Gasteiger partial charge in [-0.25, -0.2) is 9.78 Å². The summed E-state index contributed by atoms with van der Waals surface area (Å²) in [5.41, 5.74) is 3.88. The van der Waals surface area contributed by atoms with Gasteiger partial charge in [0.2, 0.25) is 0 Å². The van der Waals surface area contributed by atoms with Gasteiger partial charge in [0, 0.05) is 43.8 Å². The van der Waals surface area contributed by atoms with Gasteiger partial charge in [-0.1, -0.05) is 19.1 Å². The van der Waals surface area contributed by atoms with Crippen LogP contribution in [0.3, 0.4) is 0 Å². The van der Waals surface area contributed by atoms with E-state index < -0.39 is 5.97 Å². The summed E-state index contributed by atoms with van der Waals surface area (Å²) in [6.07, 6.45) is 2.36. The van der Waals surface area contributed by atoms with Crippen molar-refractivity contribution in [2.75, 3.05) is 31.1 Å². The first kappa shape index (κ1) is 19.1. The molecule has 0 radical (unpaired) electrons. The zero-order valence-corrected chi connectivity index (χ0v) is 16.4. The number of nitrogens with one attached hydrogen (secondary N) is 1. The summed E-state index contributed by atoms with van der Waals surface area (Å²) >= 11 is 0. The van der Waals surface area contributed by atoms with Crippen molar-refractivity contribution in [1.82, 2.24) is 14.9 Å². The molecule has 0 aliphatic carbocycles. The van der Waals surface area contributed by atoms with Crippen LogP contribution < -0.4 is 10.5 Å². The number of carboxylic acid groups (broad SMARTS) is 1. The third-order valence-electron chi connectivity index (χ3n) is 5.48. The predicted molar refractivity (Wildman–Crippen MR) is 113 cm³/mol. The summed E-state index contributed by atoms with van der Waals surface area (Å²) < 4.78 is 0. The Morgan fingerprint density at radius 3 is 2.59 bits per heavy atom. The molecule has 0 bridgehead atoms. The van der Waals surface area contributed by atoms with Crippen molar-refractivity contribution in [3.05, 3.63) is 69.8 Å². The van der Waals surface area contributed by atoms with Crippen LogP contribution in [0.4, 0.5) is 5.69 Å². The van der Waals surface area contributed by atoms with Crippen molar-refractivity contribution in [3.8, 4) is 0 Å². The number of nitrogens with zero attached hydrogens (tertiary/aromatic N) is 3. The van der Waals surface area contributed by atoms with Gasteiger partial charge in [0.25, 0.3) is 5.56 Å². The number of pyridine rings is 2. The zero-order chi connectivity index (χ0) is 20.4. The van der Waals surface area contributed by atoms with Crippen molar-refractivity contribution in [2.45, 2.75) is 19.9 Å². The topological polar surface area (TPSA) is 89.5 Å². The second-order valence-corrected chi connectivity index (χ2v) is 7.37. The maximum absolute atomic E-state index is 12.1. The van der Waals surface area contributed by atoms with Crippen molar-refractivity contribution in [3.63, 3.8) is 0 Å². The fourth-order valence-corrected chi connectivity index (χ4v) is 3.78. The molecule has 1 aliphatic heterocycles. The van der Waals surface area contributed by atoms with E-state index in [0.717, 1.165) is 61.3 Å². The molecule has 1 aliphatic rings. The number of aromatic nitrogens is 2. The van der Waals surface area contributed by atoms with E-state index in [-0.39, 0.29) is 11.3 Å². The van der Waals surface area contributed by atoms with E-state index in [1.807, 2.05) is 19.1 Å². The first-order valence-corrected chi connectivity index (χ1v) is 9.85. The molecule has 0 spiro atoms. The Labute approximate surface area is 168 Å². The van der Waals surface area contributed by atoms with Gasteiger partial charge in [0.15, 0.2) is 0 Å². The molecule has 0 saturated carbocycles. The van der Waals surface area contributed by atoms with Gasteiger partial charge in [-0.05, 0) is 41.6 Å². The molecule has 4 rings (SSSR count). The van der Waals surface area contributed by atoms with Gasteiger partial charge in [0.1, 0.15) is 5.69 Å². The third kappa shape index (κ3) is 4.14. The number of piperazine rings is 1. The molecular weight excluding hydrogens is 368 g/mol. The number of aromatic carboxylic acids is 1. The first-order valence-electron chi connectivity index (χ1n) is 9.85. The second-order valence-electron chi connectivity index (χ2n) is 7.37. The fourth-order valence-electron chi connectivity index (χ4n) is 3.78. The molecule has 150 valence electrons. The summed E-state index contributed by atoms with van der Waals surface area (Å²) in [5, 5.41) is 10.0. The molecule has 2 N–H and O–H groups in total. The molecule has 3 heterocycles. The Hall–Kier alpha value is -3.19. The lowest BCUT2D eigenvalue weighted by molar-refractivity contribution is 0.0690. The maximum atomic E-state index is 12.1. The second kappa shape index (κ2) is 8.05. The van der Waals surface area contributed by atoms with Crippen LogP contribution in [0.1, 0.15) is 28.5 Å². The summed E-state index contributed by atoms with van der Waals surface area (Å²) in [4.78, 5) is 34.6. The number of carbonyl (C=O) groups is 1. The number of aromatic amines is 1. The average Bonchev–Trinajstić information content (AvgIpc) is 2.74. The van der Waals surface area contributed by atoms with Crippen molar-refractivity contribution < 1.29 is 9.90 Å². The van der Waals surface area contributed by atoms with Crippen LogP contribution in [0.2, 0.25) is 0 Å². The number of hydrogen-bond donors (Lipinski definition) is 2. The van der Waals surface area contributed by atoms with E-state index >= 15 is 0 Å². The van der Waals surface area contributed by atoms with E-state index in [9.17, 15) is 9.59 Å². The van der Waals surface area contributed by atoms with Gasteiger partial charge in [-0.3, -0.25) is 9.69 Å². The number of carboxylic acids is 1. The minimum absolute atomic E-state index is 0.00621. The Kier molecular flexibility index (Phi) is 5.31. The predicted octanol–water partition coefficient (Wildman–Crippen LogP) is 2.51. The van der Waals surface area contributed by atoms with Crippen LogP contribution in [0.25, 0.3) is 10.9 Å². The Bertz CT molecular complexity index is 1080. The Morgan fingerprint density at radius 1 is 1.14 bits per heavy atom. The van der Waals surface area contributed by atoms with E-state index in [1.54, 1.807) is 12.3 Å². The highest BCUT2D eigenvalue weighted by Crippen LogP contribution is 2.19. The summed E-state index contributed by atoms with van der Waals surface area (Å²) in [6.45, 7) is 6.35. The summed E-state index contributed by atoms with van der Waals surface area (Å²) in [7, 11) is 0. The van der Waals surface area contributed by atoms with Crippen LogP contribution in [0.5, 0.6) is 0 Å². The third-order valence-corrected chi connectivity index (χ3v) is 5.48. The fraction of sp³-hybridized carbons (Fsp3) is 0.318. The smallest absolute Gasteiger partial charge is 0.354 e. The van der Waals surface area contributed by atoms with Crippen LogP contribution in [-0.2, 0) is 13.0 Å². The Morgan fingerprint density at radius 2 is 1.93 bits per heavy atom. The maximum Gasteiger partial charge on any atom is 0.354 e. The normalized spacial score (nSPS) is 15.0. The van der Waals surface area contributed by atoms with Crippen LogP contribution >= 0.6 is 0 Å². The molecule has 2 aromatic heterocycles. The van der Waals surface area contributed by atoms with E-state index in [0.29, 0.717) is 0 Å². The molecule has 1 saturated heterocycles. The summed E-state index contributed by atoms with van der Waals surface area (Å²) in [5.74, 6) is -1.01. The minimum Gasteiger partial charge on any atom is -0.477 e. The summed E-state index contributed by atoms with van der Waals surface area (Å²) in [6, 6.07) is 11.6. The lowest BCUT2D eigenvalue weighted by atomic mass is 10.1. The number of hydrogen-bond acceptors (Lipinski definition) is 5. The minimum atomic E-state index is -1.01. The number of benzene rings is 1. The largest absolute Gasteiger partial charge is 0.477 e. The van der Waals surface area contributed by atoms with Crippen LogP contribution in [0.15, 0.2) is 47.4 Å². The Balaban J connectivity index is 1.40. The van der Waals surface area contributed by atoms with Crippen LogP contribution in [-0.4, -0.2) is 52.1 Å². The molecule has 0 unspecified atom stereocenters. The van der Waals surface area contributed by atoms with Gasteiger partial charge in [0.05, 0.1) is 11.9 Å². The zero-order valence-electron chi connectivity index (χ0n) is 16.4. The molecular formula is C22H24N4O3. The van der Waals surface area contributed by atoms with E-state index in [1.165, 1.54) is 5.56 Å². The van der Waals surface area contributed by atoms with Gasteiger partial charge in [-0.15, -0.1) is 0 Å². The number of fused-ring (bicyclic) bond motifs is 1. The molecule has 0 atom stereocenters. The monoisotopic (exact) mass is 392 g/mol. The number of aryl methyl sites for hydroxylation is 1. The van der Waals surface area contributed by atoms with Crippen LogP contribution in [0, 0.1) is 0 Å². The molecule has 7 nitrogen and oxygen atoms in total. The number of rotatable bonds is 5. The van der Waals surface area contributed by atoms with Crippen molar-refractivity contribution >= 4 is 22.6 Å². The molecule has 1 aromatic carbocycles.